The van der Waals surface area contributed by atoms with Gasteiger partial charge in [0.15, 0.2) is 0 Å². The molecule has 3 nitrogen and oxygen atoms in total. The van der Waals surface area contributed by atoms with Gasteiger partial charge in [-0.25, -0.2) is 0 Å². The van der Waals surface area contributed by atoms with E-state index in [9.17, 15) is 9.90 Å². The van der Waals surface area contributed by atoms with Gasteiger partial charge in [0.1, 0.15) is 0 Å². The van der Waals surface area contributed by atoms with E-state index in [1.165, 1.54) is 6.92 Å². The second-order valence-corrected chi connectivity index (χ2v) is 4.31. The number of carboxylic acid groups (broad SMARTS) is 1. The van der Waals surface area contributed by atoms with Crippen LogP contribution in [-0.4, -0.2) is 27.4 Å². The Morgan fingerprint density at radius 3 is 2.60 bits per heavy atom. The van der Waals surface area contributed by atoms with Crippen molar-refractivity contribution in [1.29, 1.82) is 0 Å². The zero-order valence-corrected chi connectivity index (χ0v) is 12.5. The predicted octanol–water partition coefficient (Wildman–Crippen LogP) is -3.04. The van der Waals surface area contributed by atoms with Crippen molar-refractivity contribution in [2.24, 2.45) is 0 Å². The number of hydrogen-bond donors (Lipinski definition) is 0. The van der Waals surface area contributed by atoms with Crippen molar-refractivity contribution in [3.8, 4) is 0 Å². The Balaban J connectivity index is 0.00000196. The van der Waals surface area contributed by atoms with Gasteiger partial charge in [0.2, 0.25) is 0 Å². The molecule has 0 aromatic heterocycles. The molecule has 5 heteroatoms. The number of carboxylic acids is 1. The van der Waals surface area contributed by atoms with Crippen molar-refractivity contribution in [2.45, 2.75) is 18.3 Å². The minimum atomic E-state index is -1.15. The van der Waals surface area contributed by atoms with E-state index in [0.29, 0.717) is 0 Å². The molecule has 15 heavy (non-hydrogen) atoms. The van der Waals surface area contributed by atoms with Gasteiger partial charge in [-0.2, -0.15) is 0 Å². The van der Waals surface area contributed by atoms with E-state index in [-0.39, 0.29) is 44.8 Å². The number of aliphatic carboxylic acids is 1. The molecule has 0 saturated carbocycles. The van der Waals surface area contributed by atoms with Crippen molar-refractivity contribution < 1.29 is 43.3 Å². The molecule has 0 saturated heterocycles. The van der Waals surface area contributed by atoms with Crippen LogP contribution in [0.4, 0.5) is 0 Å². The van der Waals surface area contributed by atoms with Crippen molar-refractivity contribution in [3.63, 3.8) is 0 Å². The third-order valence-corrected chi connectivity index (χ3v) is 3.45. The second kappa shape index (κ2) is 8.34. The molecule has 1 aromatic rings. The van der Waals surface area contributed by atoms with Crippen LogP contribution in [0.3, 0.4) is 0 Å². The molecule has 76 valence electrons. The molecule has 0 fully saturated rings. The summed E-state index contributed by atoms with van der Waals surface area (Å²) in [6.07, 6.45) is -0.807. The summed E-state index contributed by atoms with van der Waals surface area (Å²) in [7, 11) is 0. The van der Waals surface area contributed by atoms with Crippen LogP contribution < -0.4 is 34.7 Å². The van der Waals surface area contributed by atoms with E-state index in [4.69, 9.17) is 3.82 Å². The number of carbonyl (C=O) groups excluding carboxylic acids is 1. The summed E-state index contributed by atoms with van der Waals surface area (Å²) in [5, 5.41) is 11.1. The van der Waals surface area contributed by atoms with Crippen LogP contribution in [0, 0.1) is 0 Å². The van der Waals surface area contributed by atoms with Crippen LogP contribution in [0.25, 0.3) is 0 Å². The first-order valence-electron chi connectivity index (χ1n) is 4.23. The molecule has 1 aromatic carbocycles. The summed E-state index contributed by atoms with van der Waals surface area (Å²) in [6.45, 7) is 1.49. The maximum absolute atomic E-state index is 10.3. The molecule has 0 spiro atoms. The molecule has 0 aliphatic carbocycles. The number of carbonyl (C=O) groups is 1. The Labute approximate surface area is 118 Å². The zero-order valence-electron chi connectivity index (χ0n) is 8.80. The smallest absolute Gasteiger partial charge is 1.00 e. The van der Waals surface area contributed by atoms with Gasteiger partial charge in [0.05, 0.1) is 0 Å². The van der Waals surface area contributed by atoms with Crippen LogP contribution in [0.15, 0.2) is 30.3 Å². The fraction of sp³-hybridized carbons (Fsp3) is 0.300. The molecule has 0 aliphatic heterocycles. The van der Waals surface area contributed by atoms with E-state index in [0.717, 1.165) is 10.9 Å². The first-order valence-corrected chi connectivity index (χ1v) is 6.14. The Morgan fingerprint density at radius 2 is 2.07 bits per heavy atom. The van der Waals surface area contributed by atoms with Gasteiger partial charge in [-0.05, 0) is 0 Å². The molecule has 0 N–H and O–H groups in total. The third-order valence-electron chi connectivity index (χ3n) is 1.61. The minimum Gasteiger partial charge on any atom is 1.00 e. The quantitative estimate of drug-likeness (QED) is 0.539. The van der Waals surface area contributed by atoms with Crippen LogP contribution >= 0.6 is 0 Å². The van der Waals surface area contributed by atoms with Crippen molar-refractivity contribution in [1.82, 2.24) is 0 Å². The Morgan fingerprint density at radius 1 is 1.47 bits per heavy atom. The predicted molar refractivity (Wildman–Crippen MR) is 51.5 cm³/mol. The molecule has 0 radical (unpaired) electrons. The molecule has 1 rings (SSSR count). The van der Waals surface area contributed by atoms with E-state index in [1.807, 2.05) is 30.3 Å². The monoisotopic (exact) mass is 282 g/mol. The van der Waals surface area contributed by atoms with Crippen molar-refractivity contribution >= 4 is 21.3 Å². The van der Waals surface area contributed by atoms with Crippen LogP contribution in [0.1, 0.15) is 12.5 Å². The van der Waals surface area contributed by atoms with Crippen LogP contribution in [-0.2, 0) is 13.9 Å². The van der Waals surface area contributed by atoms with E-state index < -0.39 is 12.1 Å². The van der Waals surface area contributed by atoms with Crippen LogP contribution in [0.5, 0.6) is 0 Å². The summed E-state index contributed by atoms with van der Waals surface area (Å²) >= 11 is -0.138. The van der Waals surface area contributed by atoms with Gasteiger partial charge < -0.3 is 0 Å². The maximum Gasteiger partial charge on any atom is 1.00 e. The summed E-state index contributed by atoms with van der Waals surface area (Å²) in [4.78, 5) is 10.3. The fourth-order valence-corrected chi connectivity index (χ4v) is 2.24. The van der Waals surface area contributed by atoms with E-state index >= 15 is 0 Å². The molecular formula is C10H11NaO3Se. The summed E-state index contributed by atoms with van der Waals surface area (Å²) < 4.78 is 5.11. The minimum absolute atomic E-state index is 0. The molecule has 0 heterocycles. The third kappa shape index (κ3) is 6.36. The standard InChI is InChI=1S/C10H12O3Se.Na/c1-8(10(11)12)13-14-7-9-5-3-2-4-6-9;/h2-6,8H,7H2,1H3,(H,11,12);/q;+1/p-1. The Bertz CT molecular complexity index is 292. The first kappa shape index (κ1) is 15.2. The average Bonchev–Trinajstić information content (AvgIpc) is 2.19. The normalized spacial score (nSPS) is 11.5. The SMILES string of the molecule is CC(O[Se]Cc1ccccc1)C(=O)[O-].[Na+]. The Kier molecular flexibility index (Phi) is 8.43. The number of rotatable bonds is 5. The molecule has 1 unspecified atom stereocenters. The van der Waals surface area contributed by atoms with Gasteiger partial charge >= 0.3 is 119 Å². The molecule has 0 bridgehead atoms. The molecular weight excluding hydrogens is 270 g/mol. The van der Waals surface area contributed by atoms with E-state index in [2.05, 4.69) is 0 Å². The van der Waals surface area contributed by atoms with Crippen LogP contribution in [0.2, 0.25) is 0 Å². The fourth-order valence-electron chi connectivity index (χ4n) is 0.818. The van der Waals surface area contributed by atoms with Gasteiger partial charge in [0, 0.05) is 0 Å². The van der Waals surface area contributed by atoms with Crippen molar-refractivity contribution in [3.05, 3.63) is 35.9 Å². The van der Waals surface area contributed by atoms with Gasteiger partial charge in [-0.3, -0.25) is 0 Å². The van der Waals surface area contributed by atoms with E-state index in [1.54, 1.807) is 0 Å². The number of hydrogen-bond acceptors (Lipinski definition) is 3. The summed E-state index contributed by atoms with van der Waals surface area (Å²) in [6, 6.07) is 9.84. The Hall–Kier alpha value is 0.169. The molecule has 0 aliphatic rings. The zero-order chi connectivity index (χ0) is 10.4. The first-order chi connectivity index (χ1) is 6.70. The second-order valence-electron chi connectivity index (χ2n) is 2.81. The van der Waals surface area contributed by atoms with Crippen molar-refractivity contribution in [2.75, 3.05) is 0 Å². The van der Waals surface area contributed by atoms with Gasteiger partial charge in [-0.15, -0.1) is 0 Å². The topological polar surface area (TPSA) is 49.4 Å². The molecule has 1 atom stereocenters. The molecule has 0 amide bonds. The summed E-state index contributed by atoms with van der Waals surface area (Å²) in [5.41, 5.74) is 1.16. The van der Waals surface area contributed by atoms with Gasteiger partial charge in [-0.1, -0.05) is 0 Å². The number of benzene rings is 1. The average molecular weight is 281 g/mol. The van der Waals surface area contributed by atoms with Gasteiger partial charge in [0.25, 0.3) is 0 Å². The largest absolute Gasteiger partial charge is 1.00 e. The summed E-state index contributed by atoms with van der Waals surface area (Å²) in [5.74, 6) is -1.15. The maximum atomic E-state index is 10.3.